The second kappa shape index (κ2) is 7.95. The van der Waals surface area contributed by atoms with Crippen molar-refractivity contribution in [2.45, 2.75) is 62.2 Å². The average Bonchev–Trinajstić information content (AvgIpc) is 3.46. The zero-order chi connectivity index (χ0) is 24.2. The van der Waals surface area contributed by atoms with Crippen LogP contribution in [-0.2, 0) is 16.2 Å². The molecule has 2 aromatic rings. The summed E-state index contributed by atoms with van der Waals surface area (Å²) in [6, 6.07) is 5.37. The molecule has 2 unspecified atom stereocenters. The number of anilines is 1. The summed E-state index contributed by atoms with van der Waals surface area (Å²) in [5.74, 6) is -0.201. The minimum atomic E-state index is -4.57. The molecule has 1 aliphatic carbocycles. The van der Waals surface area contributed by atoms with E-state index in [1.165, 1.54) is 18.3 Å². The summed E-state index contributed by atoms with van der Waals surface area (Å²) < 4.78 is 67.6. The molecular weight excluding hydrogens is 455 g/mol. The average molecular weight is 480 g/mol. The Balaban J connectivity index is 1.73. The molecule has 1 aliphatic heterocycles. The Morgan fingerprint density at radius 3 is 2.39 bits per heavy atom. The fraction of sp³-hybridized carbons (Fsp3) is 0.500. The molecule has 176 valence electrons. The first-order chi connectivity index (χ1) is 15.3. The van der Waals surface area contributed by atoms with Gasteiger partial charge >= 0.3 is 6.18 Å². The highest BCUT2D eigenvalue weighted by atomic mass is 32.2. The van der Waals surface area contributed by atoms with Crippen LogP contribution in [0.5, 0.6) is 0 Å². The van der Waals surface area contributed by atoms with Crippen LogP contribution in [0.2, 0.25) is 0 Å². The number of hydrogen-bond acceptors (Lipinski definition) is 6. The second-order valence-corrected chi connectivity index (χ2v) is 11.2. The Bertz CT molecular complexity index is 1200. The van der Waals surface area contributed by atoms with Crippen LogP contribution >= 0.6 is 0 Å². The number of nitrogens with one attached hydrogen (secondary N) is 1. The molecule has 1 saturated carbocycles. The number of nitriles is 1. The van der Waals surface area contributed by atoms with Crippen molar-refractivity contribution in [3.8, 4) is 6.07 Å². The number of fused-ring (bicyclic) bond motifs is 1. The number of sulfonamides is 1. The number of rotatable bonds is 5. The second-order valence-electron chi connectivity index (χ2n) is 9.56. The Morgan fingerprint density at radius 2 is 1.88 bits per heavy atom. The Morgan fingerprint density at radius 1 is 1.18 bits per heavy atom. The van der Waals surface area contributed by atoms with Gasteiger partial charge in [-0.05, 0) is 57.7 Å². The lowest BCUT2D eigenvalue weighted by atomic mass is 9.94. The molecule has 2 atom stereocenters. The van der Waals surface area contributed by atoms with E-state index in [0.29, 0.717) is 24.0 Å². The minimum Gasteiger partial charge on any atom is -0.346 e. The van der Waals surface area contributed by atoms with Gasteiger partial charge in [0.1, 0.15) is 16.6 Å². The lowest BCUT2D eigenvalue weighted by molar-refractivity contribution is -0.137. The van der Waals surface area contributed by atoms with Crippen molar-refractivity contribution < 1.29 is 21.6 Å². The molecule has 1 N–H and O–H groups in total. The Labute approximate surface area is 190 Å². The van der Waals surface area contributed by atoms with Gasteiger partial charge in [0.2, 0.25) is 10.0 Å². The molecule has 7 nitrogen and oxygen atoms in total. The number of nitrogens with zero attached hydrogens (tertiary/aromatic N) is 4. The SMILES string of the molecule is CC(C)(C)NS(=O)(=O)c1ccc(C2C(C#N)c3cc(C(F)(F)F)cnc3N2CC2CC2)nc1. The fourth-order valence-electron chi connectivity index (χ4n) is 4.02. The number of pyridine rings is 2. The summed E-state index contributed by atoms with van der Waals surface area (Å²) in [5, 5.41) is 9.90. The van der Waals surface area contributed by atoms with E-state index >= 15 is 0 Å². The van der Waals surface area contributed by atoms with Gasteiger partial charge in [-0.1, -0.05) is 0 Å². The van der Waals surface area contributed by atoms with Gasteiger partial charge in [-0.25, -0.2) is 18.1 Å². The smallest absolute Gasteiger partial charge is 0.346 e. The van der Waals surface area contributed by atoms with Gasteiger partial charge in [0.25, 0.3) is 0 Å². The van der Waals surface area contributed by atoms with Crippen LogP contribution in [0.15, 0.2) is 35.5 Å². The van der Waals surface area contributed by atoms with E-state index in [-0.39, 0.29) is 10.5 Å². The highest BCUT2D eigenvalue weighted by Gasteiger charge is 2.45. The van der Waals surface area contributed by atoms with Gasteiger partial charge in [-0.15, -0.1) is 0 Å². The van der Waals surface area contributed by atoms with Crippen molar-refractivity contribution in [3.05, 3.63) is 47.4 Å². The first kappa shape index (κ1) is 23.4. The Kier molecular flexibility index (Phi) is 5.65. The van der Waals surface area contributed by atoms with Crippen molar-refractivity contribution in [2.24, 2.45) is 5.92 Å². The van der Waals surface area contributed by atoms with E-state index < -0.39 is 39.3 Å². The van der Waals surface area contributed by atoms with Gasteiger partial charge in [0.15, 0.2) is 0 Å². The van der Waals surface area contributed by atoms with E-state index in [4.69, 9.17) is 0 Å². The maximum Gasteiger partial charge on any atom is 0.417 e. The molecule has 0 aromatic carbocycles. The van der Waals surface area contributed by atoms with E-state index in [9.17, 15) is 26.9 Å². The topological polar surface area (TPSA) is 99.0 Å². The van der Waals surface area contributed by atoms with Gasteiger partial charge in [-0.2, -0.15) is 18.4 Å². The molecule has 1 fully saturated rings. The zero-order valence-electron chi connectivity index (χ0n) is 18.4. The third-order valence-electron chi connectivity index (χ3n) is 5.59. The van der Waals surface area contributed by atoms with Crippen LogP contribution in [0.4, 0.5) is 19.0 Å². The van der Waals surface area contributed by atoms with Crippen LogP contribution in [0.25, 0.3) is 0 Å². The summed E-state index contributed by atoms with van der Waals surface area (Å²) >= 11 is 0. The predicted molar refractivity (Wildman–Crippen MR) is 115 cm³/mol. The van der Waals surface area contributed by atoms with Crippen LogP contribution in [0.3, 0.4) is 0 Å². The maximum atomic E-state index is 13.3. The van der Waals surface area contributed by atoms with Gasteiger partial charge < -0.3 is 4.90 Å². The quantitative estimate of drug-likeness (QED) is 0.692. The molecule has 0 radical (unpaired) electrons. The highest BCUT2D eigenvalue weighted by Crippen LogP contribution is 2.50. The molecule has 2 aliphatic rings. The lowest BCUT2D eigenvalue weighted by Crippen LogP contribution is -2.40. The van der Waals surface area contributed by atoms with Crippen LogP contribution in [-0.4, -0.2) is 30.5 Å². The van der Waals surface area contributed by atoms with E-state index in [1.807, 2.05) is 4.90 Å². The summed E-state index contributed by atoms with van der Waals surface area (Å²) in [5.41, 5.74) is -0.968. The molecule has 2 aromatic heterocycles. The van der Waals surface area contributed by atoms with Gasteiger partial charge in [0.05, 0.1) is 23.4 Å². The zero-order valence-corrected chi connectivity index (χ0v) is 19.2. The van der Waals surface area contributed by atoms with Crippen molar-refractivity contribution >= 4 is 15.8 Å². The molecule has 11 heteroatoms. The van der Waals surface area contributed by atoms with Crippen LogP contribution in [0, 0.1) is 17.2 Å². The first-order valence-electron chi connectivity index (χ1n) is 10.5. The normalized spacial score (nSPS) is 21.1. The molecule has 4 rings (SSSR count). The number of alkyl halides is 3. The minimum absolute atomic E-state index is 0.0311. The molecule has 3 heterocycles. The summed E-state index contributed by atoms with van der Waals surface area (Å²) in [6.45, 7) is 5.70. The molecular formula is C22H24F3N5O2S. The van der Waals surface area contributed by atoms with Gasteiger partial charge in [0, 0.05) is 30.0 Å². The van der Waals surface area contributed by atoms with Crippen molar-refractivity contribution in [1.29, 1.82) is 5.26 Å². The van der Waals surface area contributed by atoms with E-state index in [2.05, 4.69) is 20.8 Å². The highest BCUT2D eigenvalue weighted by molar-refractivity contribution is 7.89. The number of aromatic nitrogens is 2. The van der Waals surface area contributed by atoms with Gasteiger partial charge in [-0.3, -0.25) is 4.98 Å². The summed E-state index contributed by atoms with van der Waals surface area (Å²) in [6.07, 6.45) is -0.573. The first-order valence-corrected chi connectivity index (χ1v) is 12.0. The van der Waals surface area contributed by atoms with E-state index in [0.717, 1.165) is 25.1 Å². The number of hydrogen-bond donors (Lipinski definition) is 1. The summed E-state index contributed by atoms with van der Waals surface area (Å²) in [4.78, 5) is 10.2. The third kappa shape index (κ3) is 4.82. The molecule has 33 heavy (non-hydrogen) atoms. The largest absolute Gasteiger partial charge is 0.417 e. The fourth-order valence-corrected chi connectivity index (χ4v) is 5.38. The molecule has 0 saturated heterocycles. The Hall–Kier alpha value is -2.71. The molecule has 0 spiro atoms. The third-order valence-corrected chi connectivity index (χ3v) is 7.33. The van der Waals surface area contributed by atoms with Crippen molar-refractivity contribution in [2.75, 3.05) is 11.4 Å². The summed E-state index contributed by atoms with van der Waals surface area (Å²) in [7, 11) is -3.80. The van der Waals surface area contributed by atoms with Crippen LogP contribution < -0.4 is 9.62 Å². The van der Waals surface area contributed by atoms with E-state index in [1.54, 1.807) is 20.8 Å². The van der Waals surface area contributed by atoms with Crippen molar-refractivity contribution in [1.82, 2.24) is 14.7 Å². The monoisotopic (exact) mass is 479 g/mol. The molecule has 0 amide bonds. The maximum absolute atomic E-state index is 13.3. The van der Waals surface area contributed by atoms with Crippen LogP contribution in [0.1, 0.15) is 62.4 Å². The standard InChI is InChI=1S/C22H24F3N5O2S/c1-21(2,3)29-33(31,32)15-6-7-18(27-11-15)19-17(9-26)16-8-14(22(23,24)25)10-28-20(16)30(19)12-13-4-5-13/h6-8,10-11,13,17,19,29H,4-5,12H2,1-3H3. The molecule has 0 bridgehead atoms. The predicted octanol–water partition coefficient (Wildman–Crippen LogP) is 4.15. The van der Waals surface area contributed by atoms with Crippen molar-refractivity contribution in [3.63, 3.8) is 0 Å². The lowest BCUT2D eigenvalue weighted by Gasteiger charge is -2.27. The number of halogens is 3.